The maximum Gasteiger partial charge on any atom is 0.0408 e. The van der Waals surface area contributed by atoms with Crippen molar-refractivity contribution in [2.45, 2.75) is 25.3 Å². The summed E-state index contributed by atoms with van der Waals surface area (Å²) in [5.74, 6) is 0. The minimum Gasteiger partial charge on any atom is -0.368 e. The maximum atomic E-state index is 3.32. The fraction of sp³-hybridized carbons (Fsp3) is 0.455. The van der Waals surface area contributed by atoms with Crippen LogP contribution in [-0.2, 0) is 6.42 Å². The lowest BCUT2D eigenvalue weighted by molar-refractivity contribution is 0.831. The highest BCUT2D eigenvalue weighted by molar-refractivity contribution is 5.58. The highest BCUT2D eigenvalue weighted by Crippen LogP contribution is 2.37. The molecule has 61 valence electrons. The highest BCUT2D eigenvalue weighted by atomic mass is 15.2. The Kier molecular flexibility index (Phi) is 1.23. The molecule has 0 spiro atoms. The van der Waals surface area contributed by atoms with E-state index in [1.165, 1.54) is 37.1 Å². The zero-order chi connectivity index (χ0) is 7.97. The average Bonchev–Trinajstić information content (AvgIpc) is 2.86. The summed E-state index contributed by atoms with van der Waals surface area (Å²) in [7, 11) is 0. The van der Waals surface area contributed by atoms with Crippen LogP contribution in [0.2, 0.25) is 0 Å². The van der Waals surface area contributed by atoms with Crippen molar-refractivity contribution >= 4 is 5.69 Å². The van der Waals surface area contributed by atoms with E-state index in [0.29, 0.717) is 0 Å². The molecular weight excluding hydrogens is 146 g/mol. The van der Waals surface area contributed by atoms with Crippen LogP contribution in [0.5, 0.6) is 0 Å². The lowest BCUT2D eigenvalue weighted by Crippen LogP contribution is -2.22. The third-order valence-corrected chi connectivity index (χ3v) is 2.82. The molecular formula is C11H12N. The van der Waals surface area contributed by atoms with Crippen molar-refractivity contribution in [2.75, 3.05) is 11.4 Å². The number of anilines is 1. The molecule has 1 fully saturated rings. The molecule has 1 nitrogen and oxygen atoms in total. The Hall–Kier alpha value is -0.980. The first kappa shape index (κ1) is 6.53. The number of hydrogen-bond donors (Lipinski definition) is 0. The van der Waals surface area contributed by atoms with Crippen molar-refractivity contribution < 1.29 is 0 Å². The van der Waals surface area contributed by atoms with Gasteiger partial charge in [0.2, 0.25) is 0 Å². The second kappa shape index (κ2) is 2.25. The molecule has 0 saturated heterocycles. The quantitative estimate of drug-likeness (QED) is 0.604. The average molecular weight is 158 g/mol. The molecule has 0 atom stereocenters. The van der Waals surface area contributed by atoms with Crippen LogP contribution in [-0.4, -0.2) is 12.6 Å². The molecule has 0 amide bonds. The number of fused-ring (bicyclic) bond motifs is 1. The van der Waals surface area contributed by atoms with E-state index >= 15 is 0 Å². The molecule has 1 aliphatic carbocycles. The van der Waals surface area contributed by atoms with E-state index in [0.717, 1.165) is 6.04 Å². The molecule has 0 N–H and O–H groups in total. The summed E-state index contributed by atoms with van der Waals surface area (Å²) in [4.78, 5) is 2.55. The van der Waals surface area contributed by atoms with Crippen molar-refractivity contribution in [3.05, 3.63) is 29.8 Å². The Balaban J connectivity index is 2.01. The number of benzene rings is 1. The molecule has 1 heterocycles. The summed E-state index contributed by atoms with van der Waals surface area (Å²) < 4.78 is 0. The van der Waals surface area contributed by atoms with Gasteiger partial charge in [-0.1, -0.05) is 12.1 Å². The van der Waals surface area contributed by atoms with Crippen LogP contribution in [0.4, 0.5) is 5.69 Å². The lowest BCUT2D eigenvalue weighted by Gasteiger charge is -2.17. The molecule has 12 heavy (non-hydrogen) atoms. The molecule has 1 heteroatoms. The summed E-state index contributed by atoms with van der Waals surface area (Å²) in [6.07, 6.45) is 4.00. The summed E-state index contributed by atoms with van der Waals surface area (Å²) in [5, 5.41) is 0. The van der Waals surface area contributed by atoms with E-state index in [4.69, 9.17) is 0 Å². The van der Waals surface area contributed by atoms with Gasteiger partial charge in [0.15, 0.2) is 0 Å². The molecule has 1 saturated carbocycles. The largest absolute Gasteiger partial charge is 0.368 e. The van der Waals surface area contributed by atoms with Crippen molar-refractivity contribution in [1.82, 2.24) is 0 Å². The van der Waals surface area contributed by atoms with Gasteiger partial charge >= 0.3 is 0 Å². The fourth-order valence-electron chi connectivity index (χ4n) is 2.05. The van der Waals surface area contributed by atoms with Crippen LogP contribution in [0.25, 0.3) is 0 Å². The van der Waals surface area contributed by atoms with Crippen molar-refractivity contribution in [3.8, 4) is 0 Å². The van der Waals surface area contributed by atoms with Gasteiger partial charge in [0.05, 0.1) is 0 Å². The maximum absolute atomic E-state index is 3.32. The summed E-state index contributed by atoms with van der Waals surface area (Å²) in [6.45, 7) is 1.22. The Morgan fingerprint density at radius 2 is 2.33 bits per heavy atom. The molecule has 1 radical (unpaired) electrons. The van der Waals surface area contributed by atoms with Gasteiger partial charge in [-0.2, -0.15) is 0 Å². The standard InChI is InChI=1S/C11H12N/c1-2-4-11-9(3-1)7-8-12(11)10-5-6-10/h1-2,4,10H,5-8H2. The van der Waals surface area contributed by atoms with Gasteiger partial charge in [-0.15, -0.1) is 0 Å². The minimum atomic E-state index is 0.863. The Bertz CT molecular complexity index is 302. The first-order chi connectivity index (χ1) is 5.95. The van der Waals surface area contributed by atoms with Crippen molar-refractivity contribution in [1.29, 1.82) is 0 Å². The Morgan fingerprint density at radius 1 is 1.42 bits per heavy atom. The summed E-state index contributed by atoms with van der Waals surface area (Å²) >= 11 is 0. The second-order valence-electron chi connectivity index (χ2n) is 3.71. The third kappa shape index (κ3) is 0.857. The zero-order valence-corrected chi connectivity index (χ0v) is 7.09. The van der Waals surface area contributed by atoms with Gasteiger partial charge < -0.3 is 4.90 Å². The predicted octanol–water partition coefficient (Wildman–Crippen LogP) is 2.01. The van der Waals surface area contributed by atoms with Crippen LogP contribution in [0.1, 0.15) is 18.4 Å². The molecule has 2 aliphatic rings. The molecule has 1 aromatic carbocycles. The smallest absolute Gasteiger partial charge is 0.0408 e. The predicted molar refractivity (Wildman–Crippen MR) is 49.4 cm³/mol. The van der Waals surface area contributed by atoms with Gasteiger partial charge in [-0.05, 0) is 37.0 Å². The first-order valence-electron chi connectivity index (χ1n) is 4.71. The Labute approximate surface area is 73.0 Å². The lowest BCUT2D eigenvalue weighted by atomic mass is 10.2. The van der Waals surface area contributed by atoms with E-state index in [1.807, 2.05) is 6.07 Å². The normalized spacial score (nSPS) is 21.2. The van der Waals surface area contributed by atoms with Crippen LogP contribution in [0.15, 0.2) is 18.2 Å². The highest BCUT2D eigenvalue weighted by Gasteiger charge is 2.32. The van der Waals surface area contributed by atoms with E-state index in [9.17, 15) is 0 Å². The van der Waals surface area contributed by atoms with E-state index in [-0.39, 0.29) is 0 Å². The monoisotopic (exact) mass is 158 g/mol. The summed E-state index contributed by atoms with van der Waals surface area (Å²) in [5.41, 5.74) is 2.87. The van der Waals surface area contributed by atoms with E-state index < -0.39 is 0 Å². The fourth-order valence-corrected chi connectivity index (χ4v) is 2.05. The Morgan fingerprint density at radius 3 is 3.17 bits per heavy atom. The molecule has 0 bridgehead atoms. The van der Waals surface area contributed by atoms with Gasteiger partial charge in [-0.25, -0.2) is 0 Å². The molecule has 1 aromatic rings. The number of nitrogens with zero attached hydrogens (tertiary/aromatic N) is 1. The molecule has 3 rings (SSSR count). The number of rotatable bonds is 1. The van der Waals surface area contributed by atoms with Gasteiger partial charge in [0.25, 0.3) is 0 Å². The van der Waals surface area contributed by atoms with Crippen LogP contribution >= 0.6 is 0 Å². The summed E-state index contributed by atoms with van der Waals surface area (Å²) in [6, 6.07) is 10.5. The minimum absolute atomic E-state index is 0.863. The SMILES string of the molecule is [c]1cccc2c1CCN2C1CC1. The third-order valence-electron chi connectivity index (χ3n) is 2.82. The van der Waals surface area contributed by atoms with Crippen LogP contribution in [0.3, 0.4) is 0 Å². The molecule has 0 aromatic heterocycles. The topological polar surface area (TPSA) is 3.24 Å². The first-order valence-corrected chi connectivity index (χ1v) is 4.71. The van der Waals surface area contributed by atoms with E-state index in [1.54, 1.807) is 0 Å². The van der Waals surface area contributed by atoms with E-state index in [2.05, 4.69) is 23.1 Å². The van der Waals surface area contributed by atoms with Crippen molar-refractivity contribution in [2.24, 2.45) is 0 Å². The van der Waals surface area contributed by atoms with Crippen molar-refractivity contribution in [3.63, 3.8) is 0 Å². The molecule has 0 unspecified atom stereocenters. The molecule has 1 aliphatic heterocycles. The zero-order valence-electron chi connectivity index (χ0n) is 7.09. The van der Waals surface area contributed by atoms with Gasteiger partial charge in [-0.3, -0.25) is 0 Å². The second-order valence-corrected chi connectivity index (χ2v) is 3.71. The van der Waals surface area contributed by atoms with Gasteiger partial charge in [0, 0.05) is 18.3 Å². The van der Waals surface area contributed by atoms with Gasteiger partial charge in [0.1, 0.15) is 0 Å². The van der Waals surface area contributed by atoms with Crippen LogP contribution < -0.4 is 4.90 Å². The number of hydrogen-bond acceptors (Lipinski definition) is 1. The van der Waals surface area contributed by atoms with Crippen LogP contribution in [0, 0.1) is 6.07 Å².